The van der Waals surface area contributed by atoms with Crippen LogP contribution in [0.1, 0.15) is 114 Å². The number of ether oxygens (including phenoxy) is 1. The maximum Gasteiger partial charge on any atom is 0.407 e. The Kier molecular flexibility index (Phi) is 14.2. The Bertz CT molecular complexity index is 1060. The molecule has 224 valence electrons. The molecule has 3 N–H and O–H groups in total. The molecule has 1 aliphatic carbocycles. The second-order valence-corrected chi connectivity index (χ2v) is 11.2. The monoisotopic (exact) mass is 564 g/mol. The molecule has 0 aliphatic heterocycles. The van der Waals surface area contributed by atoms with Gasteiger partial charge in [-0.05, 0) is 28.7 Å². The van der Waals surface area contributed by atoms with Crippen molar-refractivity contribution >= 4 is 18.0 Å². The van der Waals surface area contributed by atoms with Crippen LogP contribution in [0.25, 0.3) is 11.1 Å². The quantitative estimate of drug-likeness (QED) is 0.144. The van der Waals surface area contributed by atoms with Gasteiger partial charge in [-0.25, -0.2) is 9.59 Å². The van der Waals surface area contributed by atoms with Crippen LogP contribution in [-0.4, -0.2) is 42.3 Å². The predicted molar refractivity (Wildman–Crippen MR) is 163 cm³/mol. The Morgan fingerprint density at radius 1 is 0.756 bits per heavy atom. The number of rotatable bonds is 20. The Morgan fingerprint density at radius 3 is 1.76 bits per heavy atom. The van der Waals surface area contributed by atoms with Crippen LogP contribution in [0.2, 0.25) is 0 Å². The van der Waals surface area contributed by atoms with Crippen LogP contribution in [-0.2, 0) is 14.3 Å². The Hall–Kier alpha value is -3.35. The number of hydrogen-bond donors (Lipinski definition) is 3. The zero-order chi connectivity index (χ0) is 29.3. The highest BCUT2D eigenvalue weighted by molar-refractivity contribution is 5.82. The number of fused-ring (bicyclic) bond motifs is 3. The third-order valence-electron chi connectivity index (χ3n) is 7.94. The van der Waals surface area contributed by atoms with E-state index in [0.29, 0.717) is 6.42 Å². The molecule has 0 bridgehead atoms. The van der Waals surface area contributed by atoms with Crippen LogP contribution >= 0.6 is 0 Å². The molecule has 0 heterocycles. The van der Waals surface area contributed by atoms with Gasteiger partial charge in [-0.3, -0.25) is 4.79 Å². The first-order chi connectivity index (χ1) is 20.0. The van der Waals surface area contributed by atoms with Crippen molar-refractivity contribution in [1.82, 2.24) is 10.6 Å². The summed E-state index contributed by atoms with van der Waals surface area (Å²) in [5.41, 5.74) is 4.40. The fourth-order valence-electron chi connectivity index (χ4n) is 5.59. The second-order valence-electron chi connectivity index (χ2n) is 11.2. The van der Waals surface area contributed by atoms with Crippen LogP contribution in [0.15, 0.2) is 48.5 Å². The Morgan fingerprint density at radius 2 is 1.24 bits per heavy atom. The molecule has 41 heavy (non-hydrogen) atoms. The van der Waals surface area contributed by atoms with E-state index in [1.165, 1.54) is 64.2 Å². The van der Waals surface area contributed by atoms with Crippen molar-refractivity contribution in [1.29, 1.82) is 0 Å². The fraction of sp³-hybridized carbons (Fsp3) is 0.559. The molecular weight excluding hydrogens is 516 g/mol. The van der Waals surface area contributed by atoms with Crippen LogP contribution in [0.4, 0.5) is 4.79 Å². The SMILES string of the molecule is CCCCCCCCCCCCCCCC(=O)NC[C@@H](NC(=O)OCC1c2ccccc2-c2ccccc21)C(=O)O. The third-order valence-corrected chi connectivity index (χ3v) is 7.94. The van der Waals surface area contributed by atoms with Crippen LogP contribution in [0.3, 0.4) is 0 Å². The third kappa shape index (κ3) is 10.9. The van der Waals surface area contributed by atoms with E-state index in [4.69, 9.17) is 4.74 Å². The first-order valence-corrected chi connectivity index (χ1v) is 15.6. The molecule has 2 amide bonds. The van der Waals surface area contributed by atoms with Gasteiger partial charge < -0.3 is 20.5 Å². The maximum absolute atomic E-state index is 12.5. The lowest BCUT2D eigenvalue weighted by Gasteiger charge is -2.18. The lowest BCUT2D eigenvalue weighted by molar-refractivity contribution is -0.139. The van der Waals surface area contributed by atoms with E-state index in [2.05, 4.69) is 29.7 Å². The topological polar surface area (TPSA) is 105 Å². The highest BCUT2D eigenvalue weighted by Gasteiger charge is 2.29. The first kappa shape index (κ1) is 32.2. The number of carboxylic acid groups (broad SMARTS) is 1. The summed E-state index contributed by atoms with van der Waals surface area (Å²) in [6.45, 7) is 2.16. The minimum atomic E-state index is -1.26. The molecule has 2 aromatic carbocycles. The van der Waals surface area contributed by atoms with E-state index >= 15 is 0 Å². The van der Waals surface area contributed by atoms with E-state index in [-0.39, 0.29) is 25.0 Å². The standard InChI is InChI=1S/C34H48N2O5/c1-2-3-4-5-6-7-8-9-10-11-12-13-14-23-32(37)35-24-31(33(38)39)36-34(40)41-25-30-28-21-17-15-19-26(28)27-20-16-18-22-29(27)30/h15-22,30-31H,2-14,23-25H2,1H3,(H,35,37)(H,36,40)(H,38,39)/t31-/m1/s1. The van der Waals surface area contributed by atoms with Crippen molar-refractivity contribution in [2.24, 2.45) is 0 Å². The van der Waals surface area contributed by atoms with E-state index in [1.54, 1.807) is 0 Å². The molecule has 1 atom stereocenters. The van der Waals surface area contributed by atoms with Gasteiger partial charge >= 0.3 is 12.1 Å². The summed E-state index contributed by atoms with van der Waals surface area (Å²) in [6, 6.07) is 14.8. The van der Waals surface area contributed by atoms with Crippen LogP contribution in [0, 0.1) is 0 Å². The summed E-state index contributed by atoms with van der Waals surface area (Å²) in [4.78, 5) is 36.4. The molecule has 7 nitrogen and oxygen atoms in total. The number of aliphatic carboxylic acids is 1. The number of unbranched alkanes of at least 4 members (excludes halogenated alkanes) is 12. The maximum atomic E-state index is 12.5. The van der Waals surface area contributed by atoms with Crippen molar-refractivity contribution in [2.45, 2.75) is 109 Å². The number of amides is 2. The highest BCUT2D eigenvalue weighted by Crippen LogP contribution is 2.44. The summed E-state index contributed by atoms with van der Waals surface area (Å²) in [5, 5.41) is 14.6. The zero-order valence-corrected chi connectivity index (χ0v) is 24.7. The molecule has 0 spiro atoms. The van der Waals surface area contributed by atoms with Gasteiger partial charge in [0.15, 0.2) is 0 Å². The summed E-state index contributed by atoms with van der Waals surface area (Å²) in [6.07, 6.45) is 15.6. The molecule has 0 unspecified atom stereocenters. The average Bonchev–Trinajstić information content (AvgIpc) is 3.30. The number of alkyl carbamates (subject to hydrolysis) is 1. The molecule has 0 saturated carbocycles. The summed E-state index contributed by atoms with van der Waals surface area (Å²) in [7, 11) is 0. The molecule has 0 aromatic heterocycles. The van der Waals surface area contributed by atoms with Gasteiger partial charge in [-0.2, -0.15) is 0 Å². The minimum absolute atomic E-state index is 0.0948. The van der Waals surface area contributed by atoms with Crippen molar-refractivity contribution in [2.75, 3.05) is 13.2 Å². The number of carbonyl (C=O) groups is 3. The Balaban J connectivity index is 1.27. The molecular formula is C34H48N2O5. The molecule has 7 heteroatoms. The summed E-state index contributed by atoms with van der Waals surface area (Å²) >= 11 is 0. The second kappa shape index (κ2) is 18.2. The van der Waals surface area contributed by atoms with Crippen molar-refractivity contribution in [3.8, 4) is 11.1 Å². The van der Waals surface area contributed by atoms with Crippen LogP contribution in [0.5, 0.6) is 0 Å². The van der Waals surface area contributed by atoms with Crippen molar-refractivity contribution in [3.05, 3.63) is 59.7 Å². The highest BCUT2D eigenvalue weighted by atomic mass is 16.5. The van der Waals surface area contributed by atoms with Gasteiger partial charge in [0, 0.05) is 18.9 Å². The lowest BCUT2D eigenvalue weighted by Crippen LogP contribution is -2.48. The van der Waals surface area contributed by atoms with Gasteiger partial charge in [-0.15, -0.1) is 0 Å². The normalized spacial score (nSPS) is 12.8. The number of carboxylic acids is 1. The predicted octanol–water partition coefficient (Wildman–Crippen LogP) is 7.58. The van der Waals surface area contributed by atoms with Gasteiger partial charge in [-0.1, -0.05) is 133 Å². The van der Waals surface area contributed by atoms with Gasteiger partial charge in [0.25, 0.3) is 0 Å². The van der Waals surface area contributed by atoms with Crippen LogP contribution < -0.4 is 10.6 Å². The molecule has 3 rings (SSSR count). The zero-order valence-electron chi connectivity index (χ0n) is 24.7. The van der Waals surface area contributed by atoms with Crippen molar-refractivity contribution < 1.29 is 24.2 Å². The van der Waals surface area contributed by atoms with E-state index < -0.39 is 18.1 Å². The summed E-state index contributed by atoms with van der Waals surface area (Å²) < 4.78 is 5.45. The fourth-order valence-corrected chi connectivity index (χ4v) is 5.59. The molecule has 0 radical (unpaired) electrons. The van der Waals surface area contributed by atoms with E-state index in [1.807, 2.05) is 36.4 Å². The molecule has 2 aromatic rings. The summed E-state index contributed by atoms with van der Waals surface area (Å²) in [5.74, 6) is -1.54. The number of carbonyl (C=O) groups excluding carboxylic acids is 2. The first-order valence-electron chi connectivity index (χ1n) is 15.6. The minimum Gasteiger partial charge on any atom is -0.480 e. The van der Waals surface area contributed by atoms with Gasteiger partial charge in [0.1, 0.15) is 12.6 Å². The lowest BCUT2D eigenvalue weighted by atomic mass is 9.98. The average molecular weight is 565 g/mol. The number of nitrogens with one attached hydrogen (secondary N) is 2. The van der Waals surface area contributed by atoms with Gasteiger partial charge in [0.2, 0.25) is 5.91 Å². The molecule has 0 fully saturated rings. The largest absolute Gasteiger partial charge is 0.480 e. The van der Waals surface area contributed by atoms with E-state index in [9.17, 15) is 19.5 Å². The van der Waals surface area contributed by atoms with Gasteiger partial charge in [0.05, 0.1) is 0 Å². The van der Waals surface area contributed by atoms with E-state index in [0.717, 1.165) is 41.5 Å². The molecule has 1 aliphatic rings. The molecule has 0 saturated heterocycles. The number of hydrogen-bond acceptors (Lipinski definition) is 4. The smallest absolute Gasteiger partial charge is 0.407 e. The Labute approximate surface area is 245 Å². The van der Waals surface area contributed by atoms with Crippen molar-refractivity contribution in [3.63, 3.8) is 0 Å². The number of benzene rings is 2.